The SMILES string of the molecule is CC(C)CCCC(C)CCN(C=O)CCC(C)CCCC(C)C. The second kappa shape index (κ2) is 13.9. The zero-order valence-corrected chi connectivity index (χ0v) is 16.8. The van der Waals surface area contributed by atoms with Gasteiger partial charge in [-0.05, 0) is 36.5 Å². The lowest BCUT2D eigenvalue weighted by atomic mass is 9.96. The number of hydrogen-bond acceptors (Lipinski definition) is 1. The van der Waals surface area contributed by atoms with E-state index in [0.717, 1.165) is 56.0 Å². The maximum atomic E-state index is 11.3. The number of amides is 1. The molecule has 0 bridgehead atoms. The van der Waals surface area contributed by atoms with Gasteiger partial charge in [-0.2, -0.15) is 0 Å². The van der Waals surface area contributed by atoms with Gasteiger partial charge < -0.3 is 4.90 Å². The summed E-state index contributed by atoms with van der Waals surface area (Å²) >= 11 is 0. The van der Waals surface area contributed by atoms with E-state index in [2.05, 4.69) is 41.5 Å². The van der Waals surface area contributed by atoms with E-state index in [4.69, 9.17) is 0 Å². The van der Waals surface area contributed by atoms with E-state index in [1.807, 2.05) is 4.90 Å². The van der Waals surface area contributed by atoms with Crippen molar-refractivity contribution in [1.29, 1.82) is 0 Å². The first-order chi connectivity index (χ1) is 10.8. The molecule has 0 saturated carbocycles. The van der Waals surface area contributed by atoms with Crippen molar-refractivity contribution < 1.29 is 4.79 Å². The molecule has 2 atom stereocenters. The molecule has 0 heterocycles. The van der Waals surface area contributed by atoms with Gasteiger partial charge in [-0.1, -0.05) is 80.1 Å². The van der Waals surface area contributed by atoms with Crippen LogP contribution in [0, 0.1) is 23.7 Å². The summed E-state index contributed by atoms with van der Waals surface area (Å²) in [6, 6.07) is 0. The Morgan fingerprint density at radius 1 is 0.652 bits per heavy atom. The molecule has 0 radical (unpaired) electrons. The summed E-state index contributed by atoms with van der Waals surface area (Å²) < 4.78 is 0. The topological polar surface area (TPSA) is 20.3 Å². The van der Waals surface area contributed by atoms with E-state index >= 15 is 0 Å². The normalized spacial score (nSPS) is 14.3. The minimum absolute atomic E-state index is 0.736. The molecule has 0 aliphatic rings. The van der Waals surface area contributed by atoms with Crippen LogP contribution >= 0.6 is 0 Å². The second-order valence-corrected chi connectivity index (χ2v) is 8.58. The van der Waals surface area contributed by atoms with E-state index in [1.54, 1.807) is 0 Å². The highest BCUT2D eigenvalue weighted by Gasteiger charge is 2.09. The number of nitrogens with zero attached hydrogens (tertiary/aromatic N) is 1. The predicted molar refractivity (Wildman–Crippen MR) is 103 cm³/mol. The largest absolute Gasteiger partial charge is 0.345 e. The zero-order chi connectivity index (χ0) is 17.7. The molecular weight excluding hydrogens is 282 g/mol. The van der Waals surface area contributed by atoms with Crippen LogP contribution in [-0.2, 0) is 4.79 Å². The highest BCUT2D eigenvalue weighted by Crippen LogP contribution is 2.17. The van der Waals surface area contributed by atoms with Gasteiger partial charge in [-0.15, -0.1) is 0 Å². The lowest BCUT2D eigenvalue weighted by Gasteiger charge is -2.22. The molecular formula is C21H43NO. The van der Waals surface area contributed by atoms with Crippen molar-refractivity contribution in [3.8, 4) is 0 Å². The summed E-state index contributed by atoms with van der Waals surface area (Å²) in [4.78, 5) is 13.3. The Labute approximate surface area is 146 Å². The van der Waals surface area contributed by atoms with E-state index < -0.39 is 0 Å². The fraction of sp³-hybridized carbons (Fsp3) is 0.952. The Bertz CT molecular complexity index is 251. The lowest BCUT2D eigenvalue weighted by Crippen LogP contribution is -2.26. The van der Waals surface area contributed by atoms with Crippen LogP contribution < -0.4 is 0 Å². The van der Waals surface area contributed by atoms with Crippen LogP contribution in [0.3, 0.4) is 0 Å². The molecule has 0 aromatic rings. The second-order valence-electron chi connectivity index (χ2n) is 8.58. The average molecular weight is 326 g/mol. The Morgan fingerprint density at radius 2 is 1.04 bits per heavy atom. The van der Waals surface area contributed by atoms with Crippen LogP contribution in [0.15, 0.2) is 0 Å². The van der Waals surface area contributed by atoms with Crippen LogP contribution in [0.2, 0.25) is 0 Å². The van der Waals surface area contributed by atoms with Crippen molar-refractivity contribution in [3.05, 3.63) is 0 Å². The highest BCUT2D eigenvalue weighted by atomic mass is 16.1. The molecule has 0 rings (SSSR count). The van der Waals surface area contributed by atoms with Crippen molar-refractivity contribution in [2.45, 2.75) is 92.9 Å². The van der Waals surface area contributed by atoms with E-state index in [9.17, 15) is 4.79 Å². The summed E-state index contributed by atoms with van der Waals surface area (Å²) in [5.41, 5.74) is 0. The molecule has 0 aliphatic heterocycles. The van der Waals surface area contributed by atoms with Gasteiger partial charge in [0, 0.05) is 13.1 Å². The minimum Gasteiger partial charge on any atom is -0.345 e. The number of hydrogen-bond donors (Lipinski definition) is 0. The van der Waals surface area contributed by atoms with Crippen LogP contribution in [0.4, 0.5) is 0 Å². The molecule has 0 N–H and O–H groups in total. The molecule has 2 heteroatoms. The summed E-state index contributed by atoms with van der Waals surface area (Å²) in [6.07, 6.45) is 11.3. The monoisotopic (exact) mass is 325 g/mol. The van der Waals surface area contributed by atoms with Gasteiger partial charge in [0.15, 0.2) is 0 Å². The standard InChI is InChI=1S/C21H43NO/c1-18(2)9-7-11-20(5)13-15-22(17-23)16-14-21(6)12-8-10-19(3)4/h17-21H,7-16H2,1-6H3. The van der Waals surface area contributed by atoms with Gasteiger partial charge in [-0.3, -0.25) is 4.79 Å². The fourth-order valence-corrected chi connectivity index (χ4v) is 3.03. The maximum Gasteiger partial charge on any atom is 0.209 e. The van der Waals surface area contributed by atoms with E-state index in [1.165, 1.54) is 38.5 Å². The van der Waals surface area contributed by atoms with Crippen molar-refractivity contribution in [1.82, 2.24) is 4.90 Å². The molecule has 23 heavy (non-hydrogen) atoms. The smallest absolute Gasteiger partial charge is 0.209 e. The van der Waals surface area contributed by atoms with Gasteiger partial charge >= 0.3 is 0 Å². The molecule has 138 valence electrons. The van der Waals surface area contributed by atoms with Gasteiger partial charge in [0.05, 0.1) is 0 Å². The number of carbonyl (C=O) groups excluding carboxylic acids is 1. The van der Waals surface area contributed by atoms with Crippen LogP contribution in [0.5, 0.6) is 0 Å². The Morgan fingerprint density at radius 3 is 1.35 bits per heavy atom. The lowest BCUT2D eigenvalue weighted by molar-refractivity contribution is -0.118. The molecule has 0 aromatic heterocycles. The van der Waals surface area contributed by atoms with Gasteiger partial charge in [0.2, 0.25) is 6.41 Å². The summed E-state index contributed by atoms with van der Waals surface area (Å²) in [7, 11) is 0. The van der Waals surface area contributed by atoms with E-state index in [0.29, 0.717) is 0 Å². The highest BCUT2D eigenvalue weighted by molar-refractivity contribution is 5.46. The van der Waals surface area contributed by atoms with Crippen molar-refractivity contribution >= 4 is 6.41 Å². The molecule has 0 saturated heterocycles. The predicted octanol–water partition coefficient (Wildman–Crippen LogP) is 6.15. The Balaban J connectivity index is 3.78. The van der Waals surface area contributed by atoms with Gasteiger partial charge in [0.1, 0.15) is 0 Å². The molecule has 0 fully saturated rings. The van der Waals surface area contributed by atoms with E-state index in [-0.39, 0.29) is 0 Å². The molecule has 0 aromatic carbocycles. The molecule has 2 unspecified atom stereocenters. The van der Waals surface area contributed by atoms with Crippen molar-refractivity contribution in [2.75, 3.05) is 13.1 Å². The van der Waals surface area contributed by atoms with Crippen LogP contribution in [-0.4, -0.2) is 24.4 Å². The molecule has 0 aliphatic carbocycles. The van der Waals surface area contributed by atoms with Gasteiger partial charge in [0.25, 0.3) is 0 Å². The third-order valence-corrected chi connectivity index (χ3v) is 4.92. The zero-order valence-electron chi connectivity index (χ0n) is 16.8. The Kier molecular flexibility index (Phi) is 13.5. The fourth-order valence-electron chi connectivity index (χ4n) is 3.03. The first-order valence-electron chi connectivity index (χ1n) is 10.0. The van der Waals surface area contributed by atoms with Crippen LogP contribution in [0.1, 0.15) is 92.9 Å². The number of carbonyl (C=O) groups is 1. The Hall–Kier alpha value is -0.530. The van der Waals surface area contributed by atoms with Crippen LogP contribution in [0.25, 0.3) is 0 Å². The molecule has 2 nitrogen and oxygen atoms in total. The third kappa shape index (κ3) is 14.8. The summed E-state index contributed by atoms with van der Waals surface area (Å²) in [5.74, 6) is 3.09. The summed E-state index contributed by atoms with van der Waals surface area (Å²) in [6.45, 7) is 15.7. The first kappa shape index (κ1) is 22.5. The average Bonchev–Trinajstić information content (AvgIpc) is 2.46. The first-order valence-corrected chi connectivity index (χ1v) is 10.0. The molecule has 0 spiro atoms. The number of rotatable bonds is 15. The maximum absolute atomic E-state index is 11.3. The van der Waals surface area contributed by atoms with Crippen molar-refractivity contribution in [3.63, 3.8) is 0 Å². The minimum atomic E-state index is 0.736. The molecule has 1 amide bonds. The summed E-state index contributed by atoms with van der Waals surface area (Å²) in [5, 5.41) is 0. The van der Waals surface area contributed by atoms with Crippen molar-refractivity contribution in [2.24, 2.45) is 23.7 Å². The third-order valence-electron chi connectivity index (χ3n) is 4.92. The van der Waals surface area contributed by atoms with Gasteiger partial charge in [-0.25, -0.2) is 0 Å². The quantitative estimate of drug-likeness (QED) is 0.331.